The maximum atomic E-state index is 11.2. The van der Waals surface area contributed by atoms with Gasteiger partial charge in [-0.05, 0) is 26.7 Å². The SMILES string of the molecule is CC(C)N1CC2(P)CC1(C(=O)O)C2. The van der Waals surface area contributed by atoms with Gasteiger partial charge in [0.05, 0.1) is 0 Å². The number of carbonyl (C=O) groups is 1. The highest BCUT2D eigenvalue weighted by Crippen LogP contribution is 2.59. The molecular weight excluding hydrogens is 185 g/mol. The second kappa shape index (κ2) is 2.46. The van der Waals surface area contributed by atoms with Crippen LogP contribution in [0.3, 0.4) is 0 Å². The maximum absolute atomic E-state index is 11.2. The van der Waals surface area contributed by atoms with Crippen molar-refractivity contribution in [2.24, 2.45) is 0 Å². The summed E-state index contributed by atoms with van der Waals surface area (Å²) in [6.45, 7) is 5.06. The predicted molar refractivity (Wildman–Crippen MR) is 53.9 cm³/mol. The van der Waals surface area contributed by atoms with Crippen LogP contribution in [0.15, 0.2) is 0 Å². The molecule has 0 amide bonds. The first-order valence-corrected chi connectivity index (χ1v) is 5.26. The lowest BCUT2D eigenvalue weighted by molar-refractivity contribution is -0.153. The molecule has 3 fully saturated rings. The molecule has 13 heavy (non-hydrogen) atoms. The van der Waals surface area contributed by atoms with E-state index in [1.165, 1.54) is 0 Å². The number of hydrogen-bond acceptors (Lipinski definition) is 2. The molecule has 0 spiro atoms. The highest BCUT2D eigenvalue weighted by Gasteiger charge is 2.67. The van der Waals surface area contributed by atoms with E-state index >= 15 is 0 Å². The van der Waals surface area contributed by atoms with Gasteiger partial charge in [-0.3, -0.25) is 9.69 Å². The van der Waals surface area contributed by atoms with Crippen LogP contribution in [-0.4, -0.2) is 39.3 Å². The lowest BCUT2D eigenvalue weighted by Gasteiger charge is -2.43. The Hall–Kier alpha value is -0.140. The van der Waals surface area contributed by atoms with Crippen LogP contribution in [0, 0.1) is 0 Å². The Morgan fingerprint density at radius 2 is 2.08 bits per heavy atom. The van der Waals surface area contributed by atoms with Gasteiger partial charge in [0.1, 0.15) is 5.54 Å². The fourth-order valence-corrected chi connectivity index (χ4v) is 3.74. The van der Waals surface area contributed by atoms with Crippen molar-refractivity contribution in [2.75, 3.05) is 6.54 Å². The molecule has 1 atom stereocenters. The van der Waals surface area contributed by atoms with E-state index in [2.05, 4.69) is 28.0 Å². The molecule has 3 rings (SSSR count). The molecule has 1 aliphatic carbocycles. The van der Waals surface area contributed by atoms with E-state index in [9.17, 15) is 9.90 Å². The summed E-state index contributed by atoms with van der Waals surface area (Å²) < 4.78 is 0. The van der Waals surface area contributed by atoms with E-state index in [-0.39, 0.29) is 5.16 Å². The van der Waals surface area contributed by atoms with Gasteiger partial charge in [-0.25, -0.2) is 0 Å². The molecule has 74 valence electrons. The third-order valence-corrected chi connectivity index (χ3v) is 3.94. The fraction of sp³-hybridized carbons (Fsp3) is 0.889. The van der Waals surface area contributed by atoms with Crippen LogP contribution in [0.5, 0.6) is 0 Å². The van der Waals surface area contributed by atoms with E-state index in [4.69, 9.17) is 0 Å². The number of rotatable bonds is 2. The summed E-state index contributed by atoms with van der Waals surface area (Å²) in [7, 11) is 2.82. The van der Waals surface area contributed by atoms with Gasteiger partial charge in [0.15, 0.2) is 0 Å². The summed E-state index contributed by atoms with van der Waals surface area (Å²) in [5.74, 6) is -0.642. The Balaban J connectivity index is 2.27. The molecule has 0 radical (unpaired) electrons. The summed E-state index contributed by atoms with van der Waals surface area (Å²) in [4.78, 5) is 13.3. The van der Waals surface area contributed by atoms with Gasteiger partial charge < -0.3 is 5.11 Å². The lowest BCUT2D eigenvalue weighted by Crippen LogP contribution is -2.57. The van der Waals surface area contributed by atoms with Crippen molar-refractivity contribution in [3.05, 3.63) is 0 Å². The molecule has 0 aromatic rings. The van der Waals surface area contributed by atoms with E-state index in [0.717, 1.165) is 19.4 Å². The van der Waals surface area contributed by atoms with Crippen LogP contribution in [-0.2, 0) is 4.79 Å². The van der Waals surface area contributed by atoms with E-state index < -0.39 is 11.5 Å². The average Bonchev–Trinajstić information content (AvgIpc) is 2.36. The summed E-state index contributed by atoms with van der Waals surface area (Å²) in [5.41, 5.74) is -0.532. The maximum Gasteiger partial charge on any atom is 0.324 e. The van der Waals surface area contributed by atoms with Crippen LogP contribution in [0.2, 0.25) is 0 Å². The largest absolute Gasteiger partial charge is 0.480 e. The van der Waals surface area contributed by atoms with Crippen LogP contribution in [0.25, 0.3) is 0 Å². The first kappa shape index (κ1) is 9.42. The third-order valence-electron chi connectivity index (χ3n) is 3.35. The van der Waals surface area contributed by atoms with Gasteiger partial charge in [0, 0.05) is 17.7 Å². The highest BCUT2D eigenvalue weighted by atomic mass is 31.0. The van der Waals surface area contributed by atoms with Gasteiger partial charge in [-0.15, -0.1) is 9.24 Å². The molecule has 2 saturated heterocycles. The Morgan fingerprint density at radius 3 is 2.38 bits per heavy atom. The van der Waals surface area contributed by atoms with Gasteiger partial charge >= 0.3 is 5.97 Å². The van der Waals surface area contributed by atoms with Crippen molar-refractivity contribution in [3.63, 3.8) is 0 Å². The second-order valence-corrected chi connectivity index (χ2v) is 6.00. The molecule has 2 aliphatic heterocycles. The molecule has 1 N–H and O–H groups in total. The lowest BCUT2D eigenvalue weighted by atomic mass is 9.72. The van der Waals surface area contributed by atoms with Crippen molar-refractivity contribution in [1.82, 2.24) is 4.90 Å². The molecule has 4 heteroatoms. The number of fused-ring (bicyclic) bond motifs is 1. The number of carboxylic acids is 1. The molecule has 2 bridgehead atoms. The van der Waals surface area contributed by atoms with E-state index in [0.29, 0.717) is 6.04 Å². The van der Waals surface area contributed by atoms with Crippen LogP contribution in [0.4, 0.5) is 0 Å². The number of hydrogen-bond donors (Lipinski definition) is 1. The van der Waals surface area contributed by atoms with Gasteiger partial charge in [-0.2, -0.15) is 0 Å². The van der Waals surface area contributed by atoms with Crippen LogP contribution < -0.4 is 0 Å². The van der Waals surface area contributed by atoms with Gasteiger partial charge in [0.2, 0.25) is 0 Å². The molecule has 0 aromatic carbocycles. The Kier molecular flexibility index (Phi) is 1.78. The molecule has 0 aromatic heterocycles. The summed E-state index contributed by atoms with van der Waals surface area (Å²) >= 11 is 0. The van der Waals surface area contributed by atoms with Crippen LogP contribution in [0.1, 0.15) is 26.7 Å². The number of nitrogens with zero attached hydrogens (tertiary/aromatic N) is 1. The Labute approximate surface area is 80.7 Å². The molecule has 1 saturated carbocycles. The monoisotopic (exact) mass is 201 g/mol. The van der Waals surface area contributed by atoms with Gasteiger partial charge in [-0.1, -0.05) is 0 Å². The summed E-state index contributed by atoms with van der Waals surface area (Å²) in [6, 6.07) is 0.334. The fourth-order valence-electron chi connectivity index (χ4n) is 2.87. The number of aliphatic carboxylic acids is 1. The normalized spacial score (nSPS) is 43.7. The van der Waals surface area contributed by atoms with Crippen molar-refractivity contribution in [2.45, 2.75) is 43.4 Å². The van der Waals surface area contributed by atoms with Crippen molar-refractivity contribution in [3.8, 4) is 0 Å². The first-order valence-electron chi connectivity index (χ1n) is 4.69. The zero-order valence-corrected chi connectivity index (χ0v) is 9.23. The zero-order valence-electron chi connectivity index (χ0n) is 8.08. The third kappa shape index (κ3) is 1.07. The first-order chi connectivity index (χ1) is 5.90. The minimum atomic E-state index is -0.642. The second-order valence-electron chi connectivity index (χ2n) is 4.77. The minimum Gasteiger partial charge on any atom is -0.480 e. The highest BCUT2D eigenvalue weighted by molar-refractivity contribution is 7.19. The zero-order chi connectivity index (χ0) is 9.85. The van der Waals surface area contributed by atoms with E-state index in [1.54, 1.807) is 0 Å². The predicted octanol–water partition coefficient (Wildman–Crippen LogP) is 0.942. The molecule has 2 heterocycles. The number of carboxylic acid groups (broad SMARTS) is 1. The summed E-state index contributed by atoms with van der Waals surface area (Å²) in [5, 5.41) is 9.39. The van der Waals surface area contributed by atoms with Gasteiger partial charge in [0.25, 0.3) is 0 Å². The Morgan fingerprint density at radius 1 is 1.54 bits per heavy atom. The van der Waals surface area contributed by atoms with Crippen LogP contribution >= 0.6 is 9.24 Å². The standard InChI is InChI=1S/C9H16NO2P/c1-6(2)10-5-8(13)3-9(10,4-8)7(11)12/h6H,3-5,13H2,1-2H3,(H,11,12). The van der Waals surface area contributed by atoms with E-state index in [1.807, 2.05) is 0 Å². The molecule has 3 nitrogen and oxygen atoms in total. The van der Waals surface area contributed by atoms with Crippen molar-refractivity contribution in [1.29, 1.82) is 0 Å². The van der Waals surface area contributed by atoms with Crippen molar-refractivity contribution < 1.29 is 9.90 Å². The Bertz CT molecular complexity index is 258. The quantitative estimate of drug-likeness (QED) is 0.676. The topological polar surface area (TPSA) is 40.5 Å². The smallest absolute Gasteiger partial charge is 0.324 e. The van der Waals surface area contributed by atoms with Crippen molar-refractivity contribution >= 4 is 15.2 Å². The molecular formula is C9H16NO2P. The molecule has 3 aliphatic rings. The molecule has 1 unspecified atom stereocenters. The summed E-state index contributed by atoms with van der Waals surface area (Å²) in [6.07, 6.45) is 1.61. The minimum absolute atomic E-state index is 0.197. The average molecular weight is 201 g/mol.